The lowest BCUT2D eigenvalue weighted by Crippen LogP contribution is -1.99. The summed E-state index contributed by atoms with van der Waals surface area (Å²) in [4.78, 5) is 10.2. The lowest BCUT2D eigenvalue weighted by molar-refractivity contribution is 1.09. The van der Waals surface area contributed by atoms with E-state index in [2.05, 4.69) is 173 Å². The van der Waals surface area contributed by atoms with Crippen molar-refractivity contribution >= 4 is 65.2 Å². The molecule has 0 atom stereocenters. The van der Waals surface area contributed by atoms with Crippen LogP contribution in [0.5, 0.6) is 0 Å². The summed E-state index contributed by atoms with van der Waals surface area (Å²) in [7, 11) is 0. The summed E-state index contributed by atoms with van der Waals surface area (Å²) in [6, 6.07) is 59.3. The van der Waals surface area contributed by atoms with E-state index in [1.54, 1.807) is 0 Å². The highest BCUT2D eigenvalue weighted by Crippen LogP contribution is 2.46. The second-order valence-corrected chi connectivity index (χ2v) is 13.8. The molecule has 4 heteroatoms. The maximum absolute atomic E-state index is 5.43. The van der Waals surface area contributed by atoms with Crippen LogP contribution < -0.4 is 0 Å². The normalized spacial score (nSPS) is 12.2. The summed E-state index contributed by atoms with van der Waals surface area (Å²) in [5.41, 5.74) is 12.5. The number of pyridine rings is 2. The molecule has 1 aliphatic carbocycles. The van der Waals surface area contributed by atoms with Crippen LogP contribution in [-0.4, -0.2) is 19.1 Å². The Balaban J connectivity index is 1.09. The van der Waals surface area contributed by atoms with Crippen LogP contribution in [0, 0.1) is 0 Å². The summed E-state index contributed by atoms with van der Waals surface area (Å²) in [6.07, 6.45) is 1.90. The van der Waals surface area contributed by atoms with Crippen molar-refractivity contribution in [2.75, 3.05) is 0 Å². The van der Waals surface area contributed by atoms with Gasteiger partial charge in [0.25, 0.3) is 0 Å². The lowest BCUT2D eigenvalue weighted by Gasteiger charge is -2.11. The number of aromatic nitrogens is 4. The average Bonchev–Trinajstić information content (AvgIpc) is 3.84. The van der Waals surface area contributed by atoms with Gasteiger partial charge in [-0.05, 0) is 82.6 Å². The van der Waals surface area contributed by atoms with Gasteiger partial charge in [-0.2, -0.15) is 0 Å². The van der Waals surface area contributed by atoms with Crippen LogP contribution in [-0.2, 0) is 0 Å². The Morgan fingerprint density at radius 3 is 1.98 bits per heavy atom. The van der Waals surface area contributed by atoms with Gasteiger partial charge in [-0.15, -0.1) is 0 Å². The summed E-state index contributed by atoms with van der Waals surface area (Å²) in [5.74, 6) is 0.905. The fourth-order valence-electron chi connectivity index (χ4n) is 8.81. The number of hydrogen-bond acceptors (Lipinski definition) is 2. The van der Waals surface area contributed by atoms with Crippen molar-refractivity contribution in [1.82, 2.24) is 19.1 Å². The molecule has 1 aliphatic rings. The predicted octanol–water partition coefficient (Wildman–Crippen LogP) is 12.3. The molecule has 0 saturated carbocycles. The first-order valence-electron chi connectivity index (χ1n) is 17.7. The number of hydrogen-bond donors (Lipinski definition) is 0. The van der Waals surface area contributed by atoms with Crippen LogP contribution in [0.25, 0.3) is 110 Å². The number of benzene rings is 7. The summed E-state index contributed by atoms with van der Waals surface area (Å²) < 4.78 is 4.74. The largest absolute Gasteiger partial charge is 0.309 e. The van der Waals surface area contributed by atoms with Crippen LogP contribution in [0.15, 0.2) is 170 Å². The molecule has 12 rings (SSSR count). The van der Waals surface area contributed by atoms with E-state index < -0.39 is 0 Å². The van der Waals surface area contributed by atoms with E-state index in [4.69, 9.17) is 9.97 Å². The molecule has 52 heavy (non-hydrogen) atoms. The molecule has 0 N–H and O–H groups in total. The zero-order chi connectivity index (χ0) is 33.9. The third kappa shape index (κ3) is 3.70. The van der Waals surface area contributed by atoms with E-state index in [1.807, 2.05) is 6.20 Å². The fraction of sp³-hybridized carbons (Fsp3) is 0. The Hall–Kier alpha value is -7.04. The molecule has 240 valence electrons. The van der Waals surface area contributed by atoms with Crippen molar-refractivity contribution in [2.24, 2.45) is 0 Å². The smallest absolute Gasteiger partial charge is 0.138 e. The van der Waals surface area contributed by atoms with Crippen LogP contribution in [0.1, 0.15) is 0 Å². The van der Waals surface area contributed by atoms with Gasteiger partial charge in [-0.25, -0.2) is 4.98 Å². The van der Waals surface area contributed by atoms with Gasteiger partial charge in [0, 0.05) is 55.3 Å². The zero-order valence-electron chi connectivity index (χ0n) is 28.0. The molecule has 0 unspecified atom stereocenters. The Morgan fingerprint density at radius 2 is 1.12 bits per heavy atom. The SMILES string of the molecule is c1ccc(-n2c3ccccc3c3cc(-c4ccc5c(c4)c4ccc6ccccc6c4n5-c4ccc5c(n4)-c4cccc6ccnc-5c46)ccc32)cc1. The van der Waals surface area contributed by atoms with Crippen LogP contribution in [0.4, 0.5) is 0 Å². The minimum Gasteiger partial charge on any atom is -0.309 e. The van der Waals surface area contributed by atoms with Gasteiger partial charge >= 0.3 is 0 Å². The summed E-state index contributed by atoms with van der Waals surface area (Å²) in [5, 5.41) is 9.72. The molecule has 11 aromatic rings. The number of nitrogens with zero attached hydrogens (tertiary/aromatic N) is 4. The zero-order valence-corrected chi connectivity index (χ0v) is 28.0. The van der Waals surface area contributed by atoms with E-state index in [0.29, 0.717) is 0 Å². The van der Waals surface area contributed by atoms with Crippen molar-refractivity contribution in [3.8, 4) is 45.1 Å². The highest BCUT2D eigenvalue weighted by atomic mass is 15.1. The van der Waals surface area contributed by atoms with Crippen molar-refractivity contribution < 1.29 is 0 Å². The van der Waals surface area contributed by atoms with Crippen molar-refractivity contribution in [2.45, 2.75) is 0 Å². The molecule has 0 amide bonds. The first-order chi connectivity index (χ1) is 25.8. The quantitative estimate of drug-likeness (QED) is 0.189. The average molecular weight is 661 g/mol. The van der Waals surface area contributed by atoms with Gasteiger partial charge in [-0.3, -0.25) is 9.55 Å². The van der Waals surface area contributed by atoms with Crippen LogP contribution in [0.3, 0.4) is 0 Å². The van der Waals surface area contributed by atoms with Crippen molar-refractivity contribution in [3.63, 3.8) is 0 Å². The van der Waals surface area contributed by atoms with Gasteiger partial charge in [0.05, 0.1) is 33.5 Å². The van der Waals surface area contributed by atoms with E-state index in [-0.39, 0.29) is 0 Å². The maximum atomic E-state index is 5.43. The van der Waals surface area contributed by atoms with Gasteiger partial charge < -0.3 is 4.57 Å². The number of fused-ring (bicyclic) bond motifs is 11. The standard InChI is InChI=1S/C48H28N4/c1-2-11-33(12-3-1)51-41-16-7-6-14-35(41)39-27-31(18-22-42(39)51)32-19-23-43-40(28-32)36-20-17-29-9-4-5-13-34(29)48(36)52(43)44-24-21-38-46(50-44)37-15-8-10-30-25-26-49-47(38)45(30)37/h1-28H. The monoisotopic (exact) mass is 660 g/mol. The van der Waals surface area contributed by atoms with E-state index in [9.17, 15) is 0 Å². The van der Waals surface area contributed by atoms with Crippen molar-refractivity contribution in [3.05, 3.63) is 170 Å². The molecule has 0 radical (unpaired) electrons. The molecule has 4 aromatic heterocycles. The van der Waals surface area contributed by atoms with Crippen LogP contribution in [0.2, 0.25) is 0 Å². The van der Waals surface area contributed by atoms with Gasteiger partial charge in [0.1, 0.15) is 5.82 Å². The number of rotatable bonds is 3. The molecule has 0 fully saturated rings. The van der Waals surface area contributed by atoms with E-state index in [1.165, 1.54) is 76.5 Å². The third-order valence-electron chi connectivity index (χ3n) is 11.1. The molecular weight excluding hydrogens is 633 g/mol. The summed E-state index contributed by atoms with van der Waals surface area (Å²) in [6.45, 7) is 0. The lowest BCUT2D eigenvalue weighted by atomic mass is 10.00. The molecule has 4 nitrogen and oxygen atoms in total. The fourth-order valence-corrected chi connectivity index (χ4v) is 8.81. The first-order valence-corrected chi connectivity index (χ1v) is 17.7. The maximum Gasteiger partial charge on any atom is 0.138 e. The molecule has 4 heterocycles. The Bertz CT molecular complexity index is 3290. The molecule has 0 spiro atoms. The molecule has 0 bridgehead atoms. The van der Waals surface area contributed by atoms with Crippen molar-refractivity contribution in [1.29, 1.82) is 0 Å². The second-order valence-electron chi connectivity index (χ2n) is 13.8. The molecule has 0 aliphatic heterocycles. The van der Waals surface area contributed by atoms with Gasteiger partial charge in [0.15, 0.2) is 0 Å². The molecule has 0 saturated heterocycles. The van der Waals surface area contributed by atoms with E-state index in [0.717, 1.165) is 33.8 Å². The Morgan fingerprint density at radius 1 is 0.404 bits per heavy atom. The highest BCUT2D eigenvalue weighted by molar-refractivity contribution is 6.20. The minimum atomic E-state index is 0.905. The highest BCUT2D eigenvalue weighted by Gasteiger charge is 2.25. The Labute approximate surface area is 298 Å². The minimum absolute atomic E-state index is 0.905. The van der Waals surface area contributed by atoms with Gasteiger partial charge in [-0.1, -0.05) is 103 Å². The van der Waals surface area contributed by atoms with Gasteiger partial charge in [0.2, 0.25) is 0 Å². The summed E-state index contributed by atoms with van der Waals surface area (Å²) >= 11 is 0. The first kappa shape index (κ1) is 27.7. The topological polar surface area (TPSA) is 35.6 Å². The third-order valence-corrected chi connectivity index (χ3v) is 11.1. The predicted molar refractivity (Wildman–Crippen MR) is 216 cm³/mol. The second kappa shape index (κ2) is 10.3. The molecular formula is C48H28N4. The molecule has 7 aromatic carbocycles. The van der Waals surface area contributed by atoms with E-state index >= 15 is 0 Å². The number of para-hydroxylation sites is 2. The van der Waals surface area contributed by atoms with Crippen LogP contribution >= 0.6 is 0 Å². The Kier molecular flexibility index (Phi) is 5.47.